The molecule has 0 aliphatic carbocycles. The fourth-order valence-electron chi connectivity index (χ4n) is 2.39. The number of nitrogens with one attached hydrogen (secondary N) is 1. The smallest absolute Gasteiger partial charge is 0.157 e. The second-order valence-electron chi connectivity index (χ2n) is 4.93. The Morgan fingerprint density at radius 2 is 2.21 bits per heavy atom. The van der Waals surface area contributed by atoms with Crippen LogP contribution in [-0.2, 0) is 6.61 Å². The Bertz CT molecular complexity index is 503. The number of aromatic nitrogens is 2. The molecule has 1 atom stereocenters. The van der Waals surface area contributed by atoms with Crippen LogP contribution in [0.3, 0.4) is 0 Å². The van der Waals surface area contributed by atoms with Crippen molar-refractivity contribution < 1.29 is 4.74 Å². The SMILES string of the molecule is c1ccc(COc2cnn(C3CCCNC3)c2)cc1. The number of piperidine rings is 1. The van der Waals surface area contributed by atoms with Crippen molar-refractivity contribution in [3.63, 3.8) is 0 Å². The van der Waals surface area contributed by atoms with Crippen LogP contribution in [0.1, 0.15) is 24.4 Å². The van der Waals surface area contributed by atoms with Crippen LogP contribution < -0.4 is 10.1 Å². The molecule has 19 heavy (non-hydrogen) atoms. The molecule has 2 aromatic rings. The second kappa shape index (κ2) is 5.89. The van der Waals surface area contributed by atoms with Gasteiger partial charge in [-0.15, -0.1) is 0 Å². The lowest BCUT2D eigenvalue weighted by atomic mass is 10.1. The molecular formula is C15H19N3O. The van der Waals surface area contributed by atoms with Crippen molar-refractivity contribution in [3.8, 4) is 5.75 Å². The van der Waals surface area contributed by atoms with Gasteiger partial charge in [-0.3, -0.25) is 4.68 Å². The molecule has 100 valence electrons. The first-order valence-corrected chi connectivity index (χ1v) is 6.83. The van der Waals surface area contributed by atoms with E-state index in [0.29, 0.717) is 12.6 Å². The van der Waals surface area contributed by atoms with Gasteiger partial charge in [0.1, 0.15) is 6.61 Å². The summed E-state index contributed by atoms with van der Waals surface area (Å²) in [5, 5.41) is 7.80. The van der Waals surface area contributed by atoms with Crippen LogP contribution >= 0.6 is 0 Å². The minimum Gasteiger partial charge on any atom is -0.486 e. The molecule has 4 nitrogen and oxygen atoms in total. The van der Waals surface area contributed by atoms with Gasteiger partial charge in [-0.2, -0.15) is 5.10 Å². The van der Waals surface area contributed by atoms with E-state index in [0.717, 1.165) is 18.8 Å². The molecule has 0 bridgehead atoms. The van der Waals surface area contributed by atoms with E-state index in [2.05, 4.69) is 22.5 Å². The first-order valence-electron chi connectivity index (χ1n) is 6.83. The summed E-state index contributed by atoms with van der Waals surface area (Å²) < 4.78 is 7.78. The van der Waals surface area contributed by atoms with E-state index in [4.69, 9.17) is 4.74 Å². The quantitative estimate of drug-likeness (QED) is 0.914. The molecule has 0 amide bonds. The largest absolute Gasteiger partial charge is 0.486 e. The topological polar surface area (TPSA) is 39.1 Å². The number of nitrogens with zero attached hydrogens (tertiary/aromatic N) is 2. The zero-order chi connectivity index (χ0) is 12.9. The maximum Gasteiger partial charge on any atom is 0.157 e. The Hall–Kier alpha value is -1.81. The summed E-state index contributed by atoms with van der Waals surface area (Å²) in [6, 6.07) is 10.6. The summed E-state index contributed by atoms with van der Waals surface area (Å²) in [7, 11) is 0. The van der Waals surface area contributed by atoms with Crippen molar-refractivity contribution in [2.24, 2.45) is 0 Å². The standard InChI is InChI=1S/C15H19N3O/c1-2-5-13(6-3-1)12-19-15-10-17-18(11-15)14-7-4-8-16-9-14/h1-3,5-6,10-11,14,16H,4,7-9,12H2. The van der Waals surface area contributed by atoms with Crippen molar-refractivity contribution in [1.29, 1.82) is 0 Å². The highest BCUT2D eigenvalue weighted by Gasteiger charge is 2.15. The summed E-state index contributed by atoms with van der Waals surface area (Å²) in [6.45, 7) is 2.71. The lowest BCUT2D eigenvalue weighted by molar-refractivity contribution is 0.303. The average molecular weight is 257 g/mol. The van der Waals surface area contributed by atoms with Gasteiger partial charge in [0, 0.05) is 6.54 Å². The maximum atomic E-state index is 5.76. The van der Waals surface area contributed by atoms with Gasteiger partial charge in [0.2, 0.25) is 0 Å². The fraction of sp³-hybridized carbons (Fsp3) is 0.400. The van der Waals surface area contributed by atoms with Gasteiger partial charge in [-0.05, 0) is 24.9 Å². The van der Waals surface area contributed by atoms with E-state index in [1.54, 1.807) is 6.20 Å². The van der Waals surface area contributed by atoms with E-state index >= 15 is 0 Å². The first-order chi connectivity index (χ1) is 9.42. The average Bonchev–Trinajstić information content (AvgIpc) is 2.96. The van der Waals surface area contributed by atoms with Crippen LogP contribution in [0, 0.1) is 0 Å². The lowest BCUT2D eigenvalue weighted by Gasteiger charge is -2.22. The summed E-state index contributed by atoms with van der Waals surface area (Å²) in [4.78, 5) is 0. The van der Waals surface area contributed by atoms with E-state index in [1.807, 2.05) is 29.1 Å². The lowest BCUT2D eigenvalue weighted by Crippen LogP contribution is -2.31. The molecule has 1 N–H and O–H groups in total. The van der Waals surface area contributed by atoms with E-state index in [9.17, 15) is 0 Å². The molecular weight excluding hydrogens is 238 g/mol. The molecule has 1 unspecified atom stereocenters. The fourth-order valence-corrected chi connectivity index (χ4v) is 2.39. The summed E-state index contributed by atoms with van der Waals surface area (Å²) >= 11 is 0. The van der Waals surface area contributed by atoms with Gasteiger partial charge < -0.3 is 10.1 Å². The Balaban J connectivity index is 1.58. The molecule has 1 aromatic carbocycles. The number of rotatable bonds is 4. The summed E-state index contributed by atoms with van der Waals surface area (Å²) in [5.41, 5.74) is 1.18. The first kappa shape index (κ1) is 12.2. The van der Waals surface area contributed by atoms with Crippen LogP contribution in [0.4, 0.5) is 0 Å². The third-order valence-corrected chi connectivity index (χ3v) is 3.47. The van der Waals surface area contributed by atoms with E-state index in [1.165, 1.54) is 18.4 Å². The molecule has 0 saturated carbocycles. The van der Waals surface area contributed by atoms with Gasteiger partial charge in [-0.1, -0.05) is 30.3 Å². The zero-order valence-electron chi connectivity index (χ0n) is 11.0. The maximum absolute atomic E-state index is 5.76. The number of benzene rings is 1. The van der Waals surface area contributed by atoms with Gasteiger partial charge in [-0.25, -0.2) is 0 Å². The number of hydrogen-bond donors (Lipinski definition) is 1. The second-order valence-corrected chi connectivity index (χ2v) is 4.93. The van der Waals surface area contributed by atoms with Crippen molar-refractivity contribution in [1.82, 2.24) is 15.1 Å². The van der Waals surface area contributed by atoms with Crippen LogP contribution in [0.2, 0.25) is 0 Å². The van der Waals surface area contributed by atoms with Crippen LogP contribution in [-0.4, -0.2) is 22.9 Å². The third kappa shape index (κ3) is 3.15. The predicted octanol–water partition coefficient (Wildman–Crippen LogP) is 2.39. The molecule has 1 aliphatic heterocycles. The molecule has 3 rings (SSSR count). The molecule has 2 heterocycles. The molecule has 1 aromatic heterocycles. The van der Waals surface area contributed by atoms with Crippen LogP contribution in [0.5, 0.6) is 5.75 Å². The highest BCUT2D eigenvalue weighted by molar-refractivity contribution is 5.17. The molecule has 0 radical (unpaired) electrons. The molecule has 4 heteroatoms. The summed E-state index contributed by atoms with van der Waals surface area (Å²) in [6.07, 6.45) is 6.20. The van der Waals surface area contributed by atoms with Gasteiger partial charge in [0.15, 0.2) is 5.75 Å². The van der Waals surface area contributed by atoms with Crippen molar-refractivity contribution in [2.75, 3.05) is 13.1 Å². The minimum absolute atomic E-state index is 0.461. The normalized spacial score (nSPS) is 19.3. The van der Waals surface area contributed by atoms with E-state index < -0.39 is 0 Å². The van der Waals surface area contributed by atoms with Gasteiger partial charge >= 0.3 is 0 Å². The van der Waals surface area contributed by atoms with Crippen molar-refractivity contribution in [2.45, 2.75) is 25.5 Å². The highest BCUT2D eigenvalue weighted by atomic mass is 16.5. The molecule has 1 saturated heterocycles. The molecule has 1 aliphatic rings. The summed E-state index contributed by atoms with van der Waals surface area (Å²) in [5.74, 6) is 0.842. The number of ether oxygens (including phenoxy) is 1. The highest BCUT2D eigenvalue weighted by Crippen LogP contribution is 2.19. The van der Waals surface area contributed by atoms with E-state index in [-0.39, 0.29) is 0 Å². The Morgan fingerprint density at radius 1 is 1.32 bits per heavy atom. The Morgan fingerprint density at radius 3 is 3.00 bits per heavy atom. The van der Waals surface area contributed by atoms with Crippen LogP contribution in [0.25, 0.3) is 0 Å². The van der Waals surface area contributed by atoms with Gasteiger partial charge in [0.25, 0.3) is 0 Å². The molecule has 0 spiro atoms. The monoisotopic (exact) mass is 257 g/mol. The van der Waals surface area contributed by atoms with Crippen molar-refractivity contribution >= 4 is 0 Å². The van der Waals surface area contributed by atoms with Crippen molar-refractivity contribution in [3.05, 3.63) is 48.3 Å². The predicted molar refractivity (Wildman–Crippen MR) is 74.1 cm³/mol. The third-order valence-electron chi connectivity index (χ3n) is 3.47. The van der Waals surface area contributed by atoms with Gasteiger partial charge in [0.05, 0.1) is 18.4 Å². The zero-order valence-corrected chi connectivity index (χ0v) is 11.0. The minimum atomic E-state index is 0.461. The number of hydrogen-bond acceptors (Lipinski definition) is 3. The molecule has 1 fully saturated rings. The Kier molecular flexibility index (Phi) is 3.79. The Labute approximate surface area is 113 Å². The van der Waals surface area contributed by atoms with Crippen LogP contribution in [0.15, 0.2) is 42.7 Å².